The Hall–Kier alpha value is -0.820. The second-order valence-corrected chi connectivity index (χ2v) is 4.15. The summed E-state index contributed by atoms with van der Waals surface area (Å²) in [6.07, 6.45) is 4.00. The van der Waals surface area contributed by atoms with Gasteiger partial charge in [0.2, 0.25) is 0 Å². The Balaban J connectivity index is 2.15. The SMILES string of the molecule is CCC1CCCNC1c1ccccc1. The second kappa shape index (κ2) is 4.61. The number of nitrogens with one attached hydrogen (secondary N) is 1. The van der Waals surface area contributed by atoms with Gasteiger partial charge in [-0.05, 0) is 30.9 Å². The number of rotatable bonds is 2. The predicted octanol–water partition coefficient (Wildman–Crippen LogP) is 3.14. The fourth-order valence-electron chi connectivity index (χ4n) is 2.45. The predicted molar refractivity (Wildman–Crippen MR) is 60.2 cm³/mol. The minimum atomic E-state index is 0.593. The van der Waals surface area contributed by atoms with Crippen molar-refractivity contribution in [2.45, 2.75) is 32.2 Å². The maximum Gasteiger partial charge on any atom is 0.0348 e. The average Bonchev–Trinajstić information content (AvgIpc) is 2.30. The zero-order valence-electron chi connectivity index (χ0n) is 8.87. The summed E-state index contributed by atoms with van der Waals surface area (Å²) in [5, 5.41) is 3.64. The van der Waals surface area contributed by atoms with Crippen molar-refractivity contribution in [2.75, 3.05) is 6.54 Å². The lowest BCUT2D eigenvalue weighted by molar-refractivity contribution is 0.277. The molecule has 0 saturated carbocycles. The molecule has 0 aromatic heterocycles. The molecule has 1 aromatic carbocycles. The average molecular weight is 189 g/mol. The van der Waals surface area contributed by atoms with Crippen molar-refractivity contribution in [3.63, 3.8) is 0 Å². The highest BCUT2D eigenvalue weighted by Crippen LogP contribution is 2.31. The molecule has 2 rings (SSSR count). The lowest BCUT2D eigenvalue weighted by Crippen LogP contribution is -2.33. The molecular weight excluding hydrogens is 170 g/mol. The zero-order chi connectivity index (χ0) is 9.80. The molecule has 0 bridgehead atoms. The maximum absolute atomic E-state index is 3.64. The van der Waals surface area contributed by atoms with Crippen molar-refractivity contribution in [1.82, 2.24) is 5.32 Å². The van der Waals surface area contributed by atoms with Crippen molar-refractivity contribution in [2.24, 2.45) is 5.92 Å². The molecule has 1 heteroatoms. The first-order chi connectivity index (χ1) is 6.92. The molecule has 1 fully saturated rings. The summed E-state index contributed by atoms with van der Waals surface area (Å²) in [5.74, 6) is 0.825. The highest BCUT2D eigenvalue weighted by molar-refractivity contribution is 5.20. The summed E-state index contributed by atoms with van der Waals surface area (Å²) in [4.78, 5) is 0. The molecule has 1 N–H and O–H groups in total. The number of benzene rings is 1. The van der Waals surface area contributed by atoms with Crippen molar-refractivity contribution in [3.8, 4) is 0 Å². The van der Waals surface area contributed by atoms with E-state index >= 15 is 0 Å². The molecule has 14 heavy (non-hydrogen) atoms. The van der Waals surface area contributed by atoms with Gasteiger partial charge in [-0.2, -0.15) is 0 Å². The van der Waals surface area contributed by atoms with Crippen molar-refractivity contribution in [1.29, 1.82) is 0 Å². The molecule has 0 aliphatic carbocycles. The van der Waals surface area contributed by atoms with Gasteiger partial charge in [0.1, 0.15) is 0 Å². The Morgan fingerprint density at radius 1 is 1.29 bits per heavy atom. The van der Waals surface area contributed by atoms with Gasteiger partial charge in [0.25, 0.3) is 0 Å². The Kier molecular flexibility index (Phi) is 3.20. The van der Waals surface area contributed by atoms with Gasteiger partial charge in [0, 0.05) is 6.04 Å². The molecule has 2 atom stereocenters. The van der Waals surface area contributed by atoms with Crippen LogP contribution < -0.4 is 5.32 Å². The third-order valence-corrected chi connectivity index (χ3v) is 3.27. The molecule has 1 aromatic rings. The fraction of sp³-hybridized carbons (Fsp3) is 0.538. The summed E-state index contributed by atoms with van der Waals surface area (Å²) in [5.41, 5.74) is 1.46. The first-order valence-electron chi connectivity index (χ1n) is 5.70. The smallest absolute Gasteiger partial charge is 0.0348 e. The Morgan fingerprint density at radius 3 is 2.79 bits per heavy atom. The van der Waals surface area contributed by atoms with Gasteiger partial charge in [0.15, 0.2) is 0 Å². The van der Waals surface area contributed by atoms with Crippen LogP contribution in [0, 0.1) is 5.92 Å². The van der Waals surface area contributed by atoms with Gasteiger partial charge in [-0.3, -0.25) is 0 Å². The van der Waals surface area contributed by atoms with E-state index in [0.29, 0.717) is 6.04 Å². The van der Waals surface area contributed by atoms with Crippen LogP contribution in [0.3, 0.4) is 0 Å². The van der Waals surface area contributed by atoms with E-state index in [-0.39, 0.29) is 0 Å². The van der Waals surface area contributed by atoms with Crippen LogP contribution >= 0.6 is 0 Å². The van der Waals surface area contributed by atoms with Gasteiger partial charge in [-0.15, -0.1) is 0 Å². The summed E-state index contributed by atoms with van der Waals surface area (Å²) in [6, 6.07) is 11.4. The molecule has 1 nitrogen and oxygen atoms in total. The number of piperidine rings is 1. The normalized spacial score (nSPS) is 27.5. The van der Waals surface area contributed by atoms with E-state index in [1.165, 1.54) is 31.4 Å². The first-order valence-corrected chi connectivity index (χ1v) is 5.70. The van der Waals surface area contributed by atoms with Crippen LogP contribution in [0.4, 0.5) is 0 Å². The third kappa shape index (κ3) is 1.98. The largest absolute Gasteiger partial charge is 0.310 e. The Morgan fingerprint density at radius 2 is 2.07 bits per heavy atom. The molecule has 76 valence electrons. The van der Waals surface area contributed by atoms with Crippen LogP contribution in [-0.4, -0.2) is 6.54 Å². The highest BCUT2D eigenvalue weighted by atomic mass is 14.9. The highest BCUT2D eigenvalue weighted by Gasteiger charge is 2.23. The molecule has 2 unspecified atom stereocenters. The van der Waals surface area contributed by atoms with E-state index < -0.39 is 0 Å². The molecule has 1 aliphatic heterocycles. The van der Waals surface area contributed by atoms with Crippen molar-refractivity contribution >= 4 is 0 Å². The first kappa shape index (κ1) is 9.72. The van der Waals surface area contributed by atoms with Crippen LogP contribution in [0.25, 0.3) is 0 Å². The number of hydrogen-bond acceptors (Lipinski definition) is 1. The fourth-order valence-corrected chi connectivity index (χ4v) is 2.45. The van der Waals surface area contributed by atoms with Crippen LogP contribution in [0.5, 0.6) is 0 Å². The molecule has 0 spiro atoms. The standard InChI is InChI=1S/C13H19N/c1-2-11-9-6-10-14-13(11)12-7-4-3-5-8-12/h3-5,7-8,11,13-14H,2,6,9-10H2,1H3. The van der Waals surface area contributed by atoms with E-state index in [0.717, 1.165) is 5.92 Å². The van der Waals surface area contributed by atoms with E-state index in [4.69, 9.17) is 0 Å². The van der Waals surface area contributed by atoms with Gasteiger partial charge in [0.05, 0.1) is 0 Å². The number of hydrogen-bond donors (Lipinski definition) is 1. The molecule has 1 heterocycles. The Labute approximate surface area is 86.5 Å². The van der Waals surface area contributed by atoms with Gasteiger partial charge >= 0.3 is 0 Å². The lowest BCUT2D eigenvalue weighted by Gasteiger charge is -2.32. The molecule has 0 radical (unpaired) electrons. The summed E-state index contributed by atoms with van der Waals surface area (Å²) in [7, 11) is 0. The molecule has 1 aliphatic rings. The van der Waals surface area contributed by atoms with Crippen molar-refractivity contribution in [3.05, 3.63) is 35.9 Å². The monoisotopic (exact) mass is 189 g/mol. The minimum absolute atomic E-state index is 0.593. The topological polar surface area (TPSA) is 12.0 Å². The van der Waals surface area contributed by atoms with Crippen LogP contribution in [0.2, 0.25) is 0 Å². The quantitative estimate of drug-likeness (QED) is 0.753. The van der Waals surface area contributed by atoms with Gasteiger partial charge in [-0.1, -0.05) is 43.7 Å². The van der Waals surface area contributed by atoms with Crippen molar-refractivity contribution < 1.29 is 0 Å². The van der Waals surface area contributed by atoms with E-state index in [2.05, 4.69) is 42.6 Å². The molecule has 0 amide bonds. The third-order valence-electron chi connectivity index (χ3n) is 3.27. The molecular formula is C13H19N. The van der Waals surface area contributed by atoms with Crippen LogP contribution in [0.1, 0.15) is 37.8 Å². The summed E-state index contributed by atoms with van der Waals surface area (Å²) < 4.78 is 0. The van der Waals surface area contributed by atoms with Gasteiger partial charge in [-0.25, -0.2) is 0 Å². The van der Waals surface area contributed by atoms with E-state index in [1.807, 2.05) is 0 Å². The second-order valence-electron chi connectivity index (χ2n) is 4.15. The van der Waals surface area contributed by atoms with E-state index in [9.17, 15) is 0 Å². The Bertz CT molecular complexity index is 268. The minimum Gasteiger partial charge on any atom is -0.310 e. The summed E-state index contributed by atoms with van der Waals surface area (Å²) in [6.45, 7) is 3.48. The molecule has 1 saturated heterocycles. The van der Waals surface area contributed by atoms with Crippen LogP contribution in [0.15, 0.2) is 30.3 Å². The lowest BCUT2D eigenvalue weighted by atomic mass is 9.85. The van der Waals surface area contributed by atoms with E-state index in [1.54, 1.807) is 0 Å². The maximum atomic E-state index is 3.64. The zero-order valence-corrected chi connectivity index (χ0v) is 8.87. The van der Waals surface area contributed by atoms with Crippen LogP contribution in [-0.2, 0) is 0 Å². The summed E-state index contributed by atoms with van der Waals surface area (Å²) >= 11 is 0. The van der Waals surface area contributed by atoms with Gasteiger partial charge < -0.3 is 5.32 Å².